The molecule has 0 radical (unpaired) electrons. The Labute approximate surface area is 137 Å². The van der Waals surface area contributed by atoms with Crippen LogP contribution in [0.5, 0.6) is 0 Å². The Morgan fingerprint density at radius 3 is 2.76 bits per heavy atom. The van der Waals surface area contributed by atoms with Gasteiger partial charge in [-0.2, -0.15) is 0 Å². The minimum absolute atomic E-state index is 0.329. The molecular formula is C15H18BrNO3S. The molecule has 2 aromatic rings. The Hall–Kier alpha value is -0.790. The van der Waals surface area contributed by atoms with Crippen LogP contribution in [-0.2, 0) is 20.8 Å². The van der Waals surface area contributed by atoms with Gasteiger partial charge in [-0.1, -0.05) is 28.1 Å². The van der Waals surface area contributed by atoms with Gasteiger partial charge in [0.2, 0.25) is 0 Å². The van der Waals surface area contributed by atoms with Crippen molar-refractivity contribution in [3.63, 3.8) is 0 Å². The van der Waals surface area contributed by atoms with Crippen molar-refractivity contribution in [1.29, 1.82) is 0 Å². The number of hydrogen-bond donors (Lipinski definition) is 0. The van der Waals surface area contributed by atoms with Crippen LogP contribution in [0.1, 0.15) is 10.4 Å². The topological polar surface area (TPSA) is 40.6 Å². The highest BCUT2D eigenvalue weighted by atomic mass is 79.9. The van der Waals surface area contributed by atoms with Crippen molar-refractivity contribution in [3.8, 4) is 10.6 Å². The van der Waals surface area contributed by atoms with E-state index in [0.717, 1.165) is 19.9 Å². The zero-order valence-corrected chi connectivity index (χ0v) is 14.7. The molecular weight excluding hydrogens is 354 g/mol. The number of halogens is 1. The second-order valence-electron chi connectivity index (χ2n) is 4.46. The molecule has 0 fully saturated rings. The predicted molar refractivity (Wildman–Crippen MR) is 87.4 cm³/mol. The monoisotopic (exact) mass is 371 g/mol. The molecule has 2 rings (SSSR count). The first-order valence-corrected chi connectivity index (χ1v) is 8.10. The third kappa shape index (κ3) is 4.34. The Bertz CT molecular complexity index is 584. The van der Waals surface area contributed by atoms with Crippen LogP contribution in [0, 0.1) is 6.92 Å². The molecule has 1 aromatic carbocycles. The largest absolute Gasteiger partial charge is 0.371 e. The molecule has 0 aliphatic heterocycles. The van der Waals surface area contributed by atoms with Gasteiger partial charge in [0.1, 0.15) is 5.01 Å². The normalized spacial score (nSPS) is 11.3. The van der Waals surface area contributed by atoms with Crippen LogP contribution in [0.15, 0.2) is 28.9 Å². The van der Waals surface area contributed by atoms with Crippen LogP contribution in [0.4, 0.5) is 0 Å². The average Bonchev–Trinajstić information content (AvgIpc) is 2.95. The van der Waals surface area contributed by atoms with Crippen LogP contribution in [0.3, 0.4) is 0 Å². The maximum absolute atomic E-state index is 5.58. The Balaban J connectivity index is 2.00. The predicted octanol–water partition coefficient (Wildman–Crippen LogP) is 4.02. The SMILES string of the molecule is COC(COCc1cnc(-c2cccc(Br)c2C)s1)OC. The zero-order valence-electron chi connectivity index (χ0n) is 12.3. The third-order valence-electron chi connectivity index (χ3n) is 3.08. The van der Waals surface area contributed by atoms with Gasteiger partial charge in [-0.05, 0) is 18.6 Å². The molecule has 1 aromatic heterocycles. The molecule has 6 heteroatoms. The number of hydrogen-bond acceptors (Lipinski definition) is 5. The van der Waals surface area contributed by atoms with E-state index < -0.39 is 0 Å². The van der Waals surface area contributed by atoms with E-state index in [9.17, 15) is 0 Å². The van der Waals surface area contributed by atoms with Gasteiger partial charge in [0.15, 0.2) is 6.29 Å². The molecule has 21 heavy (non-hydrogen) atoms. The molecule has 0 bridgehead atoms. The molecule has 0 aliphatic rings. The van der Waals surface area contributed by atoms with Crippen molar-refractivity contribution < 1.29 is 14.2 Å². The molecule has 0 saturated heterocycles. The summed E-state index contributed by atoms with van der Waals surface area (Å²) in [6, 6.07) is 6.13. The molecule has 4 nitrogen and oxygen atoms in total. The van der Waals surface area contributed by atoms with Gasteiger partial charge in [0.25, 0.3) is 0 Å². The molecule has 0 atom stereocenters. The van der Waals surface area contributed by atoms with E-state index >= 15 is 0 Å². The van der Waals surface area contributed by atoms with Gasteiger partial charge < -0.3 is 14.2 Å². The number of ether oxygens (including phenoxy) is 3. The molecule has 0 saturated carbocycles. The van der Waals surface area contributed by atoms with Gasteiger partial charge in [0, 0.05) is 30.5 Å². The van der Waals surface area contributed by atoms with E-state index in [4.69, 9.17) is 14.2 Å². The summed E-state index contributed by atoms with van der Waals surface area (Å²) in [6.45, 7) is 2.99. The summed E-state index contributed by atoms with van der Waals surface area (Å²) < 4.78 is 16.8. The van der Waals surface area contributed by atoms with Crippen molar-refractivity contribution >= 4 is 27.3 Å². The van der Waals surface area contributed by atoms with Crippen LogP contribution >= 0.6 is 27.3 Å². The quantitative estimate of drug-likeness (QED) is 0.689. The summed E-state index contributed by atoms with van der Waals surface area (Å²) in [5.41, 5.74) is 2.34. The first kappa shape index (κ1) is 16.6. The highest BCUT2D eigenvalue weighted by molar-refractivity contribution is 9.10. The number of thiazole rings is 1. The molecule has 0 unspecified atom stereocenters. The number of benzene rings is 1. The van der Waals surface area contributed by atoms with Crippen LogP contribution in [0.2, 0.25) is 0 Å². The third-order valence-corrected chi connectivity index (χ3v) is 4.94. The van der Waals surface area contributed by atoms with Crippen LogP contribution < -0.4 is 0 Å². The Morgan fingerprint density at radius 2 is 2.05 bits per heavy atom. The lowest BCUT2D eigenvalue weighted by Crippen LogP contribution is -2.19. The highest BCUT2D eigenvalue weighted by Crippen LogP contribution is 2.31. The highest BCUT2D eigenvalue weighted by Gasteiger charge is 2.10. The summed E-state index contributed by atoms with van der Waals surface area (Å²) in [5.74, 6) is 0. The maximum atomic E-state index is 5.58. The fourth-order valence-electron chi connectivity index (χ4n) is 1.83. The van der Waals surface area contributed by atoms with Crippen molar-refractivity contribution in [2.75, 3.05) is 20.8 Å². The lowest BCUT2D eigenvalue weighted by atomic mass is 10.1. The van der Waals surface area contributed by atoms with E-state index in [1.165, 1.54) is 5.56 Å². The number of rotatable bonds is 7. The van der Waals surface area contributed by atoms with E-state index in [0.29, 0.717) is 13.2 Å². The van der Waals surface area contributed by atoms with Crippen molar-refractivity contribution in [2.24, 2.45) is 0 Å². The standard InChI is InChI=1S/C15H18BrNO3S/c1-10-12(5-4-6-13(10)16)15-17-7-11(21-15)8-20-9-14(18-2)19-3/h4-7,14H,8-9H2,1-3H3. The summed E-state index contributed by atoms with van der Waals surface area (Å²) in [4.78, 5) is 5.56. The minimum atomic E-state index is -0.329. The summed E-state index contributed by atoms with van der Waals surface area (Å²) >= 11 is 5.19. The Kier molecular flexibility index (Phi) is 6.32. The maximum Gasteiger partial charge on any atom is 0.180 e. The van der Waals surface area contributed by atoms with E-state index in [-0.39, 0.29) is 6.29 Å². The minimum Gasteiger partial charge on any atom is -0.371 e. The van der Waals surface area contributed by atoms with Gasteiger partial charge in [-0.25, -0.2) is 4.98 Å². The van der Waals surface area contributed by atoms with Crippen LogP contribution in [0.25, 0.3) is 10.6 Å². The summed E-state index contributed by atoms with van der Waals surface area (Å²) in [7, 11) is 3.19. The molecule has 114 valence electrons. The average molecular weight is 372 g/mol. The smallest absolute Gasteiger partial charge is 0.180 e. The molecule has 0 spiro atoms. The van der Waals surface area contributed by atoms with E-state index in [1.807, 2.05) is 18.3 Å². The molecule has 1 heterocycles. The first-order valence-electron chi connectivity index (χ1n) is 6.49. The summed E-state index contributed by atoms with van der Waals surface area (Å²) in [6.07, 6.45) is 1.53. The van der Waals surface area contributed by atoms with Crippen molar-refractivity contribution in [1.82, 2.24) is 4.98 Å². The van der Waals surface area contributed by atoms with E-state index in [2.05, 4.69) is 33.9 Å². The van der Waals surface area contributed by atoms with Gasteiger partial charge in [-0.15, -0.1) is 11.3 Å². The van der Waals surface area contributed by atoms with Crippen molar-refractivity contribution in [3.05, 3.63) is 39.3 Å². The van der Waals surface area contributed by atoms with Gasteiger partial charge in [0.05, 0.1) is 18.1 Å². The molecule has 0 N–H and O–H groups in total. The lowest BCUT2D eigenvalue weighted by molar-refractivity contribution is -0.142. The fraction of sp³-hybridized carbons (Fsp3) is 0.400. The second kappa shape index (κ2) is 8.00. The second-order valence-corrected chi connectivity index (χ2v) is 6.43. The zero-order chi connectivity index (χ0) is 15.2. The van der Waals surface area contributed by atoms with Crippen molar-refractivity contribution in [2.45, 2.75) is 19.8 Å². The fourth-order valence-corrected chi connectivity index (χ4v) is 3.12. The Morgan fingerprint density at radius 1 is 1.29 bits per heavy atom. The number of nitrogens with zero attached hydrogens (tertiary/aromatic N) is 1. The molecule has 0 amide bonds. The molecule has 0 aliphatic carbocycles. The summed E-state index contributed by atoms with van der Waals surface area (Å²) in [5, 5.41) is 1.00. The lowest BCUT2D eigenvalue weighted by Gasteiger charge is -2.12. The van der Waals surface area contributed by atoms with Gasteiger partial charge in [-0.3, -0.25) is 0 Å². The number of aromatic nitrogens is 1. The first-order chi connectivity index (χ1) is 10.2. The number of methoxy groups -OCH3 is 2. The van der Waals surface area contributed by atoms with Gasteiger partial charge >= 0.3 is 0 Å². The van der Waals surface area contributed by atoms with Crippen LogP contribution in [-0.4, -0.2) is 32.1 Å². The van der Waals surface area contributed by atoms with E-state index in [1.54, 1.807) is 25.6 Å².